The van der Waals surface area contributed by atoms with E-state index in [0.29, 0.717) is 10.6 Å². The van der Waals surface area contributed by atoms with Crippen LogP contribution in [0.1, 0.15) is 11.6 Å². The number of rotatable bonds is 2. The maximum absolute atomic E-state index is 10.5. The molecule has 0 aromatic heterocycles. The van der Waals surface area contributed by atoms with Gasteiger partial charge in [0, 0.05) is 4.47 Å². The summed E-state index contributed by atoms with van der Waals surface area (Å²) in [5.74, 6) is -1.07. The fraction of sp³-hybridized carbons (Fsp3) is 0.125. The molecule has 3 N–H and O–H groups in total. The fourth-order valence-electron chi connectivity index (χ4n) is 0.848. The summed E-state index contributed by atoms with van der Waals surface area (Å²) >= 11 is 8.96. The molecule has 3 nitrogen and oxygen atoms in total. The van der Waals surface area contributed by atoms with Crippen molar-refractivity contribution in [2.75, 3.05) is 0 Å². The second-order valence-electron chi connectivity index (χ2n) is 2.49. The largest absolute Gasteiger partial charge is 0.480 e. The molecule has 0 amide bonds. The van der Waals surface area contributed by atoms with Gasteiger partial charge in [-0.05, 0) is 33.6 Å². The van der Waals surface area contributed by atoms with E-state index < -0.39 is 12.0 Å². The Hall–Kier alpha value is -0.580. The maximum Gasteiger partial charge on any atom is 0.325 e. The SMILES string of the molecule is NC(C(=O)O)c1ccc(Br)c(Cl)c1. The molecular formula is C8H7BrClNO2. The van der Waals surface area contributed by atoms with E-state index in [-0.39, 0.29) is 0 Å². The quantitative estimate of drug-likeness (QED) is 0.860. The summed E-state index contributed by atoms with van der Waals surface area (Å²) in [6.45, 7) is 0. The van der Waals surface area contributed by atoms with E-state index in [1.165, 1.54) is 6.07 Å². The molecular weight excluding hydrogens is 257 g/mol. The highest BCUT2D eigenvalue weighted by atomic mass is 79.9. The Kier molecular flexibility index (Phi) is 3.30. The third-order valence-electron chi connectivity index (χ3n) is 1.57. The van der Waals surface area contributed by atoms with Gasteiger partial charge >= 0.3 is 5.97 Å². The molecule has 70 valence electrons. The van der Waals surface area contributed by atoms with Gasteiger partial charge in [-0.25, -0.2) is 0 Å². The highest BCUT2D eigenvalue weighted by molar-refractivity contribution is 9.10. The standard InChI is InChI=1S/C8H7BrClNO2/c9-5-2-1-4(3-6(5)10)7(11)8(12)13/h1-3,7H,11H2,(H,12,13). The molecule has 0 aliphatic carbocycles. The van der Waals surface area contributed by atoms with Crippen LogP contribution in [-0.4, -0.2) is 11.1 Å². The zero-order valence-corrected chi connectivity index (χ0v) is 8.84. The Morgan fingerprint density at radius 1 is 1.62 bits per heavy atom. The maximum atomic E-state index is 10.5. The molecule has 1 aromatic carbocycles. The number of carboxylic acid groups (broad SMARTS) is 1. The smallest absolute Gasteiger partial charge is 0.325 e. The number of carbonyl (C=O) groups is 1. The van der Waals surface area contributed by atoms with E-state index in [1.54, 1.807) is 12.1 Å². The van der Waals surface area contributed by atoms with Crippen LogP contribution in [0, 0.1) is 0 Å². The molecule has 1 rings (SSSR count). The summed E-state index contributed by atoms with van der Waals surface area (Å²) < 4.78 is 0.718. The van der Waals surface area contributed by atoms with E-state index in [9.17, 15) is 4.79 Å². The van der Waals surface area contributed by atoms with Crippen molar-refractivity contribution in [3.63, 3.8) is 0 Å². The third-order valence-corrected chi connectivity index (χ3v) is 2.80. The summed E-state index contributed by atoms with van der Waals surface area (Å²) in [4.78, 5) is 10.5. The van der Waals surface area contributed by atoms with Crippen molar-refractivity contribution in [2.24, 2.45) is 5.73 Å². The first-order chi connectivity index (χ1) is 6.02. The van der Waals surface area contributed by atoms with Crippen molar-refractivity contribution >= 4 is 33.5 Å². The lowest BCUT2D eigenvalue weighted by Crippen LogP contribution is -2.20. The topological polar surface area (TPSA) is 63.3 Å². The minimum atomic E-state index is -1.07. The number of benzene rings is 1. The lowest BCUT2D eigenvalue weighted by Gasteiger charge is -2.07. The number of hydrogen-bond acceptors (Lipinski definition) is 2. The summed E-state index contributed by atoms with van der Waals surface area (Å²) in [6.07, 6.45) is 0. The predicted octanol–water partition coefficient (Wildman–Crippen LogP) is 2.19. The first-order valence-corrected chi connectivity index (χ1v) is 4.63. The van der Waals surface area contributed by atoms with Gasteiger partial charge < -0.3 is 10.8 Å². The van der Waals surface area contributed by atoms with Crippen molar-refractivity contribution in [1.29, 1.82) is 0 Å². The van der Waals surface area contributed by atoms with E-state index in [2.05, 4.69) is 15.9 Å². The molecule has 5 heteroatoms. The van der Waals surface area contributed by atoms with E-state index >= 15 is 0 Å². The minimum Gasteiger partial charge on any atom is -0.480 e. The van der Waals surface area contributed by atoms with Crippen molar-refractivity contribution < 1.29 is 9.90 Å². The van der Waals surface area contributed by atoms with Gasteiger partial charge in [-0.1, -0.05) is 17.7 Å². The van der Waals surface area contributed by atoms with Crippen LogP contribution in [0.5, 0.6) is 0 Å². The van der Waals surface area contributed by atoms with E-state index in [4.69, 9.17) is 22.4 Å². The molecule has 0 heterocycles. The summed E-state index contributed by atoms with van der Waals surface area (Å²) in [5.41, 5.74) is 5.87. The van der Waals surface area contributed by atoms with Crippen LogP contribution in [0.4, 0.5) is 0 Å². The van der Waals surface area contributed by atoms with Crippen LogP contribution in [0.2, 0.25) is 5.02 Å². The first-order valence-electron chi connectivity index (χ1n) is 3.45. The van der Waals surface area contributed by atoms with Crippen LogP contribution >= 0.6 is 27.5 Å². The second-order valence-corrected chi connectivity index (χ2v) is 3.75. The van der Waals surface area contributed by atoms with E-state index in [0.717, 1.165) is 4.47 Å². The number of nitrogens with two attached hydrogens (primary N) is 1. The number of hydrogen-bond donors (Lipinski definition) is 2. The lowest BCUT2D eigenvalue weighted by atomic mass is 10.1. The lowest BCUT2D eigenvalue weighted by molar-refractivity contribution is -0.138. The summed E-state index contributed by atoms with van der Waals surface area (Å²) in [7, 11) is 0. The zero-order valence-electron chi connectivity index (χ0n) is 6.50. The zero-order chi connectivity index (χ0) is 10.0. The molecule has 0 aliphatic rings. The van der Waals surface area contributed by atoms with Crippen LogP contribution in [0.15, 0.2) is 22.7 Å². The van der Waals surface area contributed by atoms with Gasteiger partial charge in [-0.2, -0.15) is 0 Å². The highest BCUT2D eigenvalue weighted by Crippen LogP contribution is 2.25. The molecule has 0 fully saturated rings. The van der Waals surface area contributed by atoms with Crippen molar-refractivity contribution in [1.82, 2.24) is 0 Å². The van der Waals surface area contributed by atoms with E-state index in [1.807, 2.05) is 0 Å². The van der Waals surface area contributed by atoms with Crippen molar-refractivity contribution in [3.8, 4) is 0 Å². The van der Waals surface area contributed by atoms with Gasteiger partial charge in [0.05, 0.1) is 5.02 Å². The van der Waals surface area contributed by atoms with Crippen LogP contribution in [0.25, 0.3) is 0 Å². The fourth-order valence-corrected chi connectivity index (χ4v) is 1.28. The molecule has 0 saturated heterocycles. The van der Waals surface area contributed by atoms with Gasteiger partial charge in [0.2, 0.25) is 0 Å². The monoisotopic (exact) mass is 263 g/mol. The molecule has 1 atom stereocenters. The van der Waals surface area contributed by atoms with Crippen LogP contribution in [0.3, 0.4) is 0 Å². The average molecular weight is 265 g/mol. The van der Waals surface area contributed by atoms with Gasteiger partial charge in [0.1, 0.15) is 6.04 Å². The van der Waals surface area contributed by atoms with Gasteiger partial charge in [0.15, 0.2) is 0 Å². The third kappa shape index (κ3) is 2.43. The average Bonchev–Trinajstić information content (AvgIpc) is 2.08. The summed E-state index contributed by atoms with van der Waals surface area (Å²) in [5, 5.41) is 9.07. The summed E-state index contributed by atoms with van der Waals surface area (Å²) in [6, 6.07) is 3.80. The molecule has 0 aliphatic heterocycles. The normalized spacial score (nSPS) is 12.5. The first kappa shape index (κ1) is 10.5. The van der Waals surface area contributed by atoms with Crippen LogP contribution < -0.4 is 5.73 Å². The number of carboxylic acids is 1. The van der Waals surface area contributed by atoms with Crippen molar-refractivity contribution in [3.05, 3.63) is 33.3 Å². The van der Waals surface area contributed by atoms with Crippen molar-refractivity contribution in [2.45, 2.75) is 6.04 Å². The van der Waals surface area contributed by atoms with Crippen LogP contribution in [-0.2, 0) is 4.79 Å². The highest BCUT2D eigenvalue weighted by Gasteiger charge is 2.14. The van der Waals surface area contributed by atoms with Gasteiger partial charge in [-0.15, -0.1) is 0 Å². The Balaban J connectivity index is 3.03. The molecule has 0 saturated carbocycles. The number of aliphatic carboxylic acids is 1. The Morgan fingerprint density at radius 3 is 2.69 bits per heavy atom. The number of halogens is 2. The van der Waals surface area contributed by atoms with Gasteiger partial charge in [-0.3, -0.25) is 4.79 Å². The Bertz CT molecular complexity index is 343. The molecule has 1 aromatic rings. The predicted molar refractivity (Wildman–Crippen MR) is 53.7 cm³/mol. The molecule has 1 unspecified atom stereocenters. The minimum absolute atomic E-state index is 0.453. The Morgan fingerprint density at radius 2 is 2.23 bits per heavy atom. The second kappa shape index (κ2) is 4.09. The molecule has 0 bridgehead atoms. The molecule has 0 spiro atoms. The van der Waals surface area contributed by atoms with Gasteiger partial charge in [0.25, 0.3) is 0 Å². The molecule has 13 heavy (non-hydrogen) atoms. The Labute approximate surface area is 88.6 Å². The molecule has 0 radical (unpaired) electrons.